The molecule has 2 saturated heterocycles. The Morgan fingerprint density at radius 1 is 0.818 bits per heavy atom. The number of hydrogen-bond donors (Lipinski definition) is 0. The minimum absolute atomic E-state index is 0.0215. The quantitative estimate of drug-likeness (QED) is 0.552. The molecule has 2 amide bonds. The van der Waals surface area contributed by atoms with Crippen LogP contribution in [0.3, 0.4) is 0 Å². The Kier molecular flexibility index (Phi) is 5.48. The Morgan fingerprint density at radius 3 is 2.18 bits per heavy atom. The molecule has 33 heavy (non-hydrogen) atoms. The van der Waals surface area contributed by atoms with Crippen molar-refractivity contribution in [2.75, 3.05) is 31.1 Å². The van der Waals surface area contributed by atoms with Crippen LogP contribution in [0.4, 0.5) is 10.1 Å². The molecule has 2 aliphatic rings. The minimum atomic E-state index is -3.67. The zero-order valence-corrected chi connectivity index (χ0v) is 18.5. The first-order chi connectivity index (χ1) is 15.8. The van der Waals surface area contributed by atoms with Crippen LogP contribution >= 0.6 is 0 Å². The largest absolute Gasteiger partial charge is 0.289 e. The van der Waals surface area contributed by atoms with E-state index in [0.717, 1.165) is 15.7 Å². The van der Waals surface area contributed by atoms with Gasteiger partial charge in [0.15, 0.2) is 0 Å². The molecule has 2 fully saturated rings. The van der Waals surface area contributed by atoms with Gasteiger partial charge in [-0.05, 0) is 47.2 Å². The van der Waals surface area contributed by atoms with E-state index in [1.165, 1.54) is 28.6 Å². The Balaban J connectivity index is 1.29. The summed E-state index contributed by atoms with van der Waals surface area (Å²) < 4.78 is 41.0. The molecule has 3 aromatic carbocycles. The Morgan fingerprint density at radius 2 is 1.48 bits per heavy atom. The van der Waals surface area contributed by atoms with Crippen molar-refractivity contribution < 1.29 is 22.4 Å². The van der Waals surface area contributed by atoms with Crippen molar-refractivity contribution in [1.82, 2.24) is 9.21 Å². The van der Waals surface area contributed by atoms with Crippen molar-refractivity contribution in [3.8, 4) is 0 Å². The van der Waals surface area contributed by atoms with Crippen LogP contribution in [0.5, 0.6) is 0 Å². The lowest BCUT2D eigenvalue weighted by molar-refractivity contribution is -0.123. The van der Waals surface area contributed by atoms with Crippen LogP contribution in [0.1, 0.15) is 6.42 Å². The number of anilines is 1. The summed E-state index contributed by atoms with van der Waals surface area (Å²) in [6.45, 7) is 1.13. The Labute approximate surface area is 191 Å². The van der Waals surface area contributed by atoms with Gasteiger partial charge in [-0.25, -0.2) is 17.7 Å². The molecule has 9 heteroatoms. The van der Waals surface area contributed by atoms with Crippen molar-refractivity contribution >= 4 is 38.3 Å². The van der Waals surface area contributed by atoms with E-state index in [-0.39, 0.29) is 36.2 Å². The van der Waals surface area contributed by atoms with Gasteiger partial charge in [-0.15, -0.1) is 0 Å². The van der Waals surface area contributed by atoms with Gasteiger partial charge in [-0.2, -0.15) is 4.31 Å². The third-order valence-corrected chi connectivity index (χ3v) is 8.17. The first-order valence-electron chi connectivity index (χ1n) is 10.7. The van der Waals surface area contributed by atoms with Crippen molar-refractivity contribution in [1.29, 1.82) is 0 Å². The summed E-state index contributed by atoms with van der Waals surface area (Å²) in [5.74, 6) is -1.15. The number of nitrogens with zero attached hydrogens (tertiary/aromatic N) is 3. The number of piperazine rings is 1. The third-order valence-electron chi connectivity index (χ3n) is 6.28. The maximum Gasteiger partial charge on any atom is 0.251 e. The lowest BCUT2D eigenvalue weighted by atomic mass is 10.1. The van der Waals surface area contributed by atoms with Crippen molar-refractivity contribution in [2.45, 2.75) is 17.4 Å². The fraction of sp³-hybridized carbons (Fsp3) is 0.250. The second kappa shape index (κ2) is 8.33. The molecule has 0 radical (unpaired) electrons. The van der Waals surface area contributed by atoms with Gasteiger partial charge < -0.3 is 0 Å². The molecule has 5 rings (SSSR count). The zero-order valence-electron chi connectivity index (χ0n) is 17.7. The summed E-state index contributed by atoms with van der Waals surface area (Å²) in [5, 5.41) is 1.82. The SMILES string of the molecule is O=C1CC(N2CCN(S(=O)(=O)c3ccc4ccccc4c3)CC2)C(=O)N1c1ccc(F)cc1. The van der Waals surface area contributed by atoms with Crippen molar-refractivity contribution in [3.63, 3.8) is 0 Å². The first-order valence-corrected chi connectivity index (χ1v) is 12.1. The third kappa shape index (κ3) is 3.92. The highest BCUT2D eigenvalue weighted by Crippen LogP contribution is 2.28. The minimum Gasteiger partial charge on any atom is -0.289 e. The number of carbonyl (C=O) groups excluding carboxylic acids is 2. The molecule has 0 aromatic heterocycles. The average Bonchev–Trinajstić information content (AvgIpc) is 3.13. The molecule has 0 N–H and O–H groups in total. The number of sulfonamides is 1. The summed E-state index contributed by atoms with van der Waals surface area (Å²) in [7, 11) is -3.67. The van der Waals surface area contributed by atoms with Crippen LogP contribution in [0.2, 0.25) is 0 Å². The Bertz CT molecular complexity index is 1340. The van der Waals surface area contributed by atoms with Crippen molar-refractivity contribution in [3.05, 3.63) is 72.5 Å². The number of imide groups is 1. The number of halogens is 1. The van der Waals surface area contributed by atoms with Crippen LogP contribution in [0.25, 0.3) is 10.8 Å². The monoisotopic (exact) mass is 467 g/mol. The number of hydrogen-bond acceptors (Lipinski definition) is 5. The fourth-order valence-electron chi connectivity index (χ4n) is 4.50. The van der Waals surface area contributed by atoms with E-state index in [2.05, 4.69) is 0 Å². The molecule has 2 heterocycles. The Hall–Kier alpha value is -3.14. The predicted octanol–water partition coefficient (Wildman–Crippen LogP) is 2.62. The molecule has 7 nitrogen and oxygen atoms in total. The smallest absolute Gasteiger partial charge is 0.251 e. The molecular formula is C24H22FN3O4S. The number of fused-ring (bicyclic) bond motifs is 1. The van der Waals surface area contributed by atoms with Gasteiger partial charge in [-0.3, -0.25) is 14.5 Å². The highest BCUT2D eigenvalue weighted by atomic mass is 32.2. The second-order valence-corrected chi connectivity index (χ2v) is 10.2. The van der Waals surface area contributed by atoms with Gasteiger partial charge in [-0.1, -0.05) is 30.3 Å². The van der Waals surface area contributed by atoms with Crippen LogP contribution < -0.4 is 4.90 Å². The van der Waals surface area contributed by atoms with Gasteiger partial charge in [0.1, 0.15) is 5.82 Å². The number of carbonyl (C=O) groups is 2. The molecule has 0 aliphatic carbocycles. The molecule has 0 saturated carbocycles. The molecule has 170 valence electrons. The van der Waals surface area contributed by atoms with E-state index >= 15 is 0 Å². The number of amides is 2. The summed E-state index contributed by atoms with van der Waals surface area (Å²) in [4.78, 5) is 28.7. The molecule has 2 aliphatic heterocycles. The van der Waals surface area contributed by atoms with Crippen LogP contribution in [0.15, 0.2) is 71.6 Å². The highest BCUT2D eigenvalue weighted by Gasteiger charge is 2.44. The van der Waals surface area contributed by atoms with Crippen LogP contribution in [-0.4, -0.2) is 61.7 Å². The van der Waals surface area contributed by atoms with E-state index in [1.54, 1.807) is 18.2 Å². The second-order valence-electron chi connectivity index (χ2n) is 8.21. The highest BCUT2D eigenvalue weighted by molar-refractivity contribution is 7.89. The van der Waals surface area contributed by atoms with E-state index in [4.69, 9.17) is 0 Å². The maximum absolute atomic E-state index is 13.2. The first kappa shape index (κ1) is 21.7. The summed E-state index contributed by atoms with van der Waals surface area (Å²) >= 11 is 0. The topological polar surface area (TPSA) is 78.0 Å². The summed E-state index contributed by atoms with van der Waals surface area (Å²) in [6, 6.07) is 17.2. The molecular weight excluding hydrogens is 445 g/mol. The normalized spacial score (nSPS) is 20.6. The lowest BCUT2D eigenvalue weighted by Gasteiger charge is -2.36. The van der Waals surface area contributed by atoms with E-state index in [9.17, 15) is 22.4 Å². The van der Waals surface area contributed by atoms with Crippen LogP contribution in [0, 0.1) is 5.82 Å². The van der Waals surface area contributed by atoms with Gasteiger partial charge in [0.25, 0.3) is 5.91 Å². The molecule has 0 bridgehead atoms. The predicted molar refractivity (Wildman–Crippen MR) is 122 cm³/mol. The lowest BCUT2D eigenvalue weighted by Crippen LogP contribution is -2.53. The van der Waals surface area contributed by atoms with E-state index in [0.29, 0.717) is 18.8 Å². The summed E-state index contributed by atoms with van der Waals surface area (Å²) in [5.41, 5.74) is 0.339. The van der Waals surface area contributed by atoms with Gasteiger partial charge >= 0.3 is 0 Å². The van der Waals surface area contributed by atoms with E-state index in [1.807, 2.05) is 29.2 Å². The maximum atomic E-state index is 13.2. The van der Waals surface area contributed by atoms with Gasteiger partial charge in [0.05, 0.1) is 23.0 Å². The fourth-order valence-corrected chi connectivity index (χ4v) is 5.95. The molecule has 0 spiro atoms. The van der Waals surface area contributed by atoms with Crippen LogP contribution in [-0.2, 0) is 19.6 Å². The molecule has 3 aromatic rings. The molecule has 1 atom stereocenters. The molecule has 1 unspecified atom stereocenters. The summed E-state index contributed by atoms with van der Waals surface area (Å²) in [6.07, 6.45) is 0.0215. The zero-order chi connectivity index (χ0) is 23.2. The average molecular weight is 468 g/mol. The van der Waals surface area contributed by atoms with Crippen molar-refractivity contribution in [2.24, 2.45) is 0 Å². The standard InChI is InChI=1S/C24H22FN3O4S/c25-19-6-8-20(9-7-19)28-23(29)16-22(24(28)30)26-11-13-27(14-12-26)33(31,32)21-10-5-17-3-1-2-4-18(17)15-21/h1-10,15,22H,11-14,16H2. The van der Waals surface area contributed by atoms with Gasteiger partial charge in [0.2, 0.25) is 15.9 Å². The number of benzene rings is 3. The van der Waals surface area contributed by atoms with E-state index < -0.39 is 21.9 Å². The van der Waals surface area contributed by atoms with Gasteiger partial charge in [0, 0.05) is 26.2 Å². The number of rotatable bonds is 4.